The predicted molar refractivity (Wildman–Crippen MR) is 171 cm³/mol. The third-order valence-corrected chi connectivity index (χ3v) is 8.84. The minimum Gasteiger partial charge on any atom is -0.345 e. The molecule has 4 aromatic rings. The number of rotatable bonds is 5. The first kappa shape index (κ1) is 35.7. The lowest BCUT2D eigenvalue weighted by Crippen LogP contribution is -2.26. The zero-order valence-corrected chi connectivity index (χ0v) is 27.8. The van der Waals surface area contributed by atoms with Gasteiger partial charge < -0.3 is 9.80 Å². The molecule has 2 aliphatic rings. The molecule has 0 atom stereocenters. The number of aromatic nitrogens is 4. The van der Waals surface area contributed by atoms with E-state index in [-0.39, 0.29) is 11.8 Å². The molecule has 6 rings (SSSR count). The van der Waals surface area contributed by atoms with E-state index in [1.165, 1.54) is 14.3 Å². The minimum absolute atomic E-state index is 0.118. The van der Waals surface area contributed by atoms with Crippen LogP contribution in [-0.2, 0) is 38.0 Å². The number of alkyl halides is 6. The Labute approximate surface area is 280 Å². The molecule has 0 unspecified atom stereocenters. The number of hydrogen-bond donors (Lipinski definition) is 0. The molecule has 2 heterocycles. The van der Waals surface area contributed by atoms with E-state index in [0.717, 1.165) is 25.7 Å². The van der Waals surface area contributed by atoms with Crippen molar-refractivity contribution >= 4 is 11.8 Å². The van der Waals surface area contributed by atoms with E-state index in [4.69, 9.17) is 0 Å². The summed E-state index contributed by atoms with van der Waals surface area (Å²) in [6.07, 6.45) is -3.73. The lowest BCUT2D eigenvalue weighted by molar-refractivity contribution is -0.142. The Kier molecular flexibility index (Phi) is 10.3. The molecule has 2 aromatic heterocycles. The van der Waals surface area contributed by atoms with Crippen molar-refractivity contribution in [1.29, 1.82) is 0 Å². The van der Waals surface area contributed by atoms with Crippen LogP contribution in [0.3, 0.4) is 0 Å². The summed E-state index contributed by atoms with van der Waals surface area (Å²) >= 11 is 0. The van der Waals surface area contributed by atoms with E-state index < -0.39 is 23.7 Å². The molecule has 49 heavy (non-hydrogen) atoms. The molecule has 2 amide bonds. The smallest absolute Gasteiger partial charge is 0.345 e. The summed E-state index contributed by atoms with van der Waals surface area (Å²) in [5.41, 5.74) is 2.38. The number of halogens is 6. The third kappa shape index (κ3) is 7.52. The Bertz CT molecular complexity index is 1800. The standard InChI is InChI=1S/C18H20F3N3O.C17H18F3N3O/c1-3-23(2)17(25)12-8-10-13(11-9-12)24-15-7-5-4-6-14(15)16(22-24)18(19,20)21;1-22(2)16(24)11-7-9-12(10-8-11)23-14-6-4-3-5-13(14)15(21-23)17(18,19)20/h8-11H,3-7H2,1-2H3;7-10H,3-6H2,1-2H3. The fourth-order valence-electron chi connectivity index (χ4n) is 6.19. The van der Waals surface area contributed by atoms with E-state index >= 15 is 0 Å². The maximum absolute atomic E-state index is 13.3. The third-order valence-electron chi connectivity index (χ3n) is 8.84. The summed E-state index contributed by atoms with van der Waals surface area (Å²) in [5, 5.41) is 7.69. The number of fused-ring (bicyclic) bond motifs is 2. The van der Waals surface area contributed by atoms with E-state index in [2.05, 4.69) is 10.2 Å². The van der Waals surface area contributed by atoms with Crippen molar-refractivity contribution in [2.75, 3.05) is 27.7 Å². The van der Waals surface area contributed by atoms with Gasteiger partial charge in [-0.15, -0.1) is 0 Å². The van der Waals surface area contributed by atoms with Crippen LogP contribution in [-0.4, -0.2) is 68.9 Å². The normalized spacial score (nSPS) is 14.3. The molecule has 262 valence electrons. The van der Waals surface area contributed by atoms with Gasteiger partial charge in [-0.1, -0.05) is 0 Å². The maximum atomic E-state index is 13.3. The van der Waals surface area contributed by atoms with Crippen LogP contribution in [0.1, 0.15) is 87.2 Å². The second-order valence-electron chi connectivity index (χ2n) is 12.4. The monoisotopic (exact) mass is 688 g/mol. The van der Waals surface area contributed by atoms with Crippen LogP contribution in [0.5, 0.6) is 0 Å². The highest BCUT2D eigenvalue weighted by Gasteiger charge is 2.41. The summed E-state index contributed by atoms with van der Waals surface area (Å²) in [4.78, 5) is 27.1. The SMILES string of the molecule is CCN(C)C(=O)c1ccc(-n2nc(C(F)(F)F)c3c2CCCC3)cc1.CN(C)C(=O)c1ccc(-n2nc(C(F)(F)F)c3c2CCCC3)cc1. The minimum atomic E-state index is -4.45. The molecule has 0 N–H and O–H groups in total. The van der Waals surface area contributed by atoms with Gasteiger partial charge in [0.25, 0.3) is 11.8 Å². The lowest BCUT2D eigenvalue weighted by Gasteiger charge is -2.16. The Morgan fingerprint density at radius 3 is 1.35 bits per heavy atom. The van der Waals surface area contributed by atoms with Gasteiger partial charge in [0.2, 0.25) is 0 Å². The highest BCUT2D eigenvalue weighted by molar-refractivity contribution is 5.94. The van der Waals surface area contributed by atoms with Crippen molar-refractivity contribution in [3.05, 3.63) is 93.6 Å². The van der Waals surface area contributed by atoms with Crippen LogP contribution >= 0.6 is 0 Å². The maximum Gasteiger partial charge on any atom is 0.435 e. The van der Waals surface area contributed by atoms with Gasteiger partial charge >= 0.3 is 12.4 Å². The first-order valence-electron chi connectivity index (χ1n) is 16.2. The highest BCUT2D eigenvalue weighted by atomic mass is 19.4. The van der Waals surface area contributed by atoms with Crippen molar-refractivity contribution in [1.82, 2.24) is 29.4 Å². The van der Waals surface area contributed by atoms with E-state index in [0.29, 0.717) is 77.2 Å². The van der Waals surface area contributed by atoms with Gasteiger partial charge in [-0.25, -0.2) is 9.36 Å². The largest absolute Gasteiger partial charge is 0.435 e. The molecular formula is C35H38F6N6O2. The molecule has 0 saturated heterocycles. The predicted octanol–water partition coefficient (Wildman–Crippen LogP) is 7.33. The van der Waals surface area contributed by atoms with Gasteiger partial charge in [-0.3, -0.25) is 9.59 Å². The number of carbonyl (C=O) groups excluding carboxylic acids is 2. The molecule has 0 radical (unpaired) electrons. The topological polar surface area (TPSA) is 76.3 Å². The highest BCUT2D eigenvalue weighted by Crippen LogP contribution is 2.38. The number of carbonyl (C=O) groups is 2. The van der Waals surface area contributed by atoms with Crippen LogP contribution < -0.4 is 0 Å². The molecule has 2 aliphatic carbocycles. The average molecular weight is 689 g/mol. The number of amides is 2. The molecule has 0 aliphatic heterocycles. The Morgan fingerprint density at radius 2 is 1.00 bits per heavy atom. The van der Waals surface area contributed by atoms with Crippen molar-refractivity contribution in [3.8, 4) is 11.4 Å². The van der Waals surface area contributed by atoms with E-state index in [1.54, 1.807) is 74.6 Å². The van der Waals surface area contributed by atoms with E-state index in [1.807, 2.05) is 6.92 Å². The Balaban J connectivity index is 0.000000191. The summed E-state index contributed by atoms with van der Waals surface area (Å²) in [6, 6.07) is 13.1. The van der Waals surface area contributed by atoms with Gasteiger partial charge in [0.05, 0.1) is 11.4 Å². The van der Waals surface area contributed by atoms with Gasteiger partial charge in [0.15, 0.2) is 11.4 Å². The Hall–Kier alpha value is -4.62. The first-order chi connectivity index (χ1) is 23.1. The quantitative estimate of drug-likeness (QED) is 0.206. The second kappa shape index (κ2) is 14.1. The van der Waals surface area contributed by atoms with Crippen molar-refractivity contribution in [2.24, 2.45) is 0 Å². The summed E-state index contributed by atoms with van der Waals surface area (Å²) in [7, 11) is 5.00. The Morgan fingerprint density at radius 1 is 0.633 bits per heavy atom. The molecule has 0 bridgehead atoms. The van der Waals surface area contributed by atoms with Gasteiger partial charge in [-0.05, 0) is 107 Å². The van der Waals surface area contributed by atoms with Crippen LogP contribution in [0, 0.1) is 0 Å². The molecule has 2 aromatic carbocycles. The van der Waals surface area contributed by atoms with Crippen molar-refractivity contribution in [3.63, 3.8) is 0 Å². The molecule has 0 fully saturated rings. The molecule has 14 heteroatoms. The number of benzene rings is 2. The second-order valence-corrected chi connectivity index (χ2v) is 12.4. The molecular weight excluding hydrogens is 650 g/mol. The van der Waals surface area contributed by atoms with Gasteiger partial charge in [0, 0.05) is 61.3 Å². The average Bonchev–Trinajstić information content (AvgIpc) is 3.68. The van der Waals surface area contributed by atoms with Gasteiger partial charge in [-0.2, -0.15) is 36.5 Å². The fourth-order valence-corrected chi connectivity index (χ4v) is 6.19. The van der Waals surface area contributed by atoms with Crippen molar-refractivity contribution < 1.29 is 35.9 Å². The molecule has 0 spiro atoms. The lowest BCUT2D eigenvalue weighted by atomic mass is 9.95. The summed E-state index contributed by atoms with van der Waals surface area (Å²) in [6.45, 7) is 2.46. The summed E-state index contributed by atoms with van der Waals surface area (Å²) in [5.74, 6) is -0.271. The van der Waals surface area contributed by atoms with Crippen molar-refractivity contribution in [2.45, 2.75) is 70.6 Å². The van der Waals surface area contributed by atoms with Crippen LogP contribution in [0.2, 0.25) is 0 Å². The van der Waals surface area contributed by atoms with Gasteiger partial charge in [0.1, 0.15) is 0 Å². The molecule has 8 nitrogen and oxygen atoms in total. The zero-order chi connectivity index (χ0) is 35.7. The summed E-state index contributed by atoms with van der Waals surface area (Å²) < 4.78 is 82.3. The number of hydrogen-bond acceptors (Lipinski definition) is 4. The number of nitrogens with zero attached hydrogens (tertiary/aromatic N) is 6. The fraction of sp³-hybridized carbons (Fsp3) is 0.429. The van der Waals surface area contributed by atoms with Crippen LogP contribution in [0.15, 0.2) is 48.5 Å². The zero-order valence-electron chi connectivity index (χ0n) is 27.8. The van der Waals surface area contributed by atoms with Crippen LogP contribution in [0.25, 0.3) is 11.4 Å². The van der Waals surface area contributed by atoms with E-state index in [9.17, 15) is 35.9 Å². The first-order valence-corrected chi connectivity index (χ1v) is 16.2. The van der Waals surface area contributed by atoms with Crippen LogP contribution in [0.4, 0.5) is 26.3 Å². The molecule has 0 saturated carbocycles.